The third-order valence-corrected chi connectivity index (χ3v) is 3.27. The van der Waals surface area contributed by atoms with E-state index in [-0.39, 0.29) is 5.88 Å². The highest BCUT2D eigenvalue weighted by atomic mass is 79.9. The summed E-state index contributed by atoms with van der Waals surface area (Å²) < 4.78 is 11.1. The average molecular weight is 339 g/mol. The Morgan fingerprint density at radius 2 is 2.10 bits per heavy atom. The van der Waals surface area contributed by atoms with Crippen molar-refractivity contribution in [1.82, 2.24) is 9.97 Å². The molecular formula is C14H15BrN2O3. The van der Waals surface area contributed by atoms with E-state index < -0.39 is 6.10 Å². The molecule has 1 heterocycles. The Balaban J connectivity index is 2.22. The number of hydrogen-bond acceptors (Lipinski definition) is 5. The van der Waals surface area contributed by atoms with Gasteiger partial charge in [-0.25, -0.2) is 4.98 Å². The van der Waals surface area contributed by atoms with Crippen molar-refractivity contribution < 1.29 is 14.6 Å². The van der Waals surface area contributed by atoms with E-state index in [0.717, 1.165) is 10.0 Å². The summed E-state index contributed by atoms with van der Waals surface area (Å²) in [6, 6.07) is 7.75. The second-order valence-electron chi connectivity index (χ2n) is 4.16. The monoisotopic (exact) mass is 338 g/mol. The van der Waals surface area contributed by atoms with E-state index in [0.29, 0.717) is 18.0 Å². The maximum atomic E-state index is 10.3. The van der Waals surface area contributed by atoms with Crippen LogP contribution in [0.15, 0.2) is 34.9 Å². The molecular weight excluding hydrogens is 324 g/mol. The number of aliphatic hydroxyl groups excluding tert-OH is 1. The lowest BCUT2D eigenvalue weighted by atomic mass is 10.1. The van der Waals surface area contributed by atoms with Crippen molar-refractivity contribution in [3.8, 4) is 11.8 Å². The van der Waals surface area contributed by atoms with Crippen LogP contribution in [0.1, 0.15) is 17.4 Å². The third-order valence-electron chi connectivity index (χ3n) is 2.78. The highest BCUT2D eigenvalue weighted by Gasteiger charge is 2.18. The van der Waals surface area contributed by atoms with Gasteiger partial charge in [0, 0.05) is 10.9 Å². The molecule has 5 nitrogen and oxygen atoms in total. The van der Waals surface area contributed by atoms with Crippen molar-refractivity contribution in [2.45, 2.75) is 12.5 Å². The molecule has 0 aliphatic carbocycles. The van der Waals surface area contributed by atoms with Crippen molar-refractivity contribution in [3.05, 3.63) is 46.2 Å². The van der Waals surface area contributed by atoms with Gasteiger partial charge in [0.2, 0.25) is 11.8 Å². The molecule has 106 valence electrons. The molecule has 1 atom stereocenters. The first-order chi connectivity index (χ1) is 9.63. The minimum absolute atomic E-state index is 0.270. The first-order valence-corrected chi connectivity index (χ1v) is 6.80. The van der Waals surface area contributed by atoms with E-state index in [1.54, 1.807) is 0 Å². The number of rotatable bonds is 5. The van der Waals surface area contributed by atoms with Crippen LogP contribution in [0.2, 0.25) is 0 Å². The molecule has 0 bridgehead atoms. The van der Waals surface area contributed by atoms with Crippen LogP contribution < -0.4 is 9.47 Å². The third kappa shape index (κ3) is 3.46. The second kappa shape index (κ2) is 6.67. The molecule has 0 aliphatic heterocycles. The zero-order valence-electron chi connectivity index (χ0n) is 11.2. The molecule has 0 spiro atoms. The molecule has 1 N–H and O–H groups in total. The fraction of sp³-hybridized carbons (Fsp3) is 0.286. The standard InChI is InChI=1S/C14H15BrN2O3/c1-19-12-8-16-13(14(17-12)20-2)11(18)7-9-4-3-5-10(15)6-9/h3-6,8,11,18H,7H2,1-2H3. The fourth-order valence-electron chi connectivity index (χ4n) is 1.83. The summed E-state index contributed by atoms with van der Waals surface area (Å²) in [5, 5.41) is 10.3. The lowest BCUT2D eigenvalue weighted by Gasteiger charge is -2.13. The molecule has 1 unspecified atom stereocenters. The summed E-state index contributed by atoms with van der Waals surface area (Å²) in [6.07, 6.45) is 1.09. The topological polar surface area (TPSA) is 64.5 Å². The van der Waals surface area contributed by atoms with Gasteiger partial charge < -0.3 is 14.6 Å². The van der Waals surface area contributed by atoms with E-state index in [1.807, 2.05) is 24.3 Å². The largest absolute Gasteiger partial charge is 0.480 e. The quantitative estimate of drug-likeness (QED) is 0.907. The van der Waals surface area contributed by atoms with Gasteiger partial charge in [-0.15, -0.1) is 0 Å². The van der Waals surface area contributed by atoms with E-state index in [4.69, 9.17) is 9.47 Å². The first-order valence-electron chi connectivity index (χ1n) is 6.01. The smallest absolute Gasteiger partial charge is 0.241 e. The summed E-state index contributed by atoms with van der Waals surface area (Å²) >= 11 is 3.40. The van der Waals surface area contributed by atoms with E-state index >= 15 is 0 Å². The van der Waals surface area contributed by atoms with Crippen LogP contribution in [-0.4, -0.2) is 29.3 Å². The van der Waals surface area contributed by atoms with Crippen molar-refractivity contribution in [3.63, 3.8) is 0 Å². The Morgan fingerprint density at radius 3 is 2.75 bits per heavy atom. The van der Waals surface area contributed by atoms with Crippen molar-refractivity contribution in [2.24, 2.45) is 0 Å². The van der Waals surface area contributed by atoms with Gasteiger partial charge in [-0.1, -0.05) is 28.1 Å². The Bertz CT molecular complexity index is 592. The zero-order chi connectivity index (χ0) is 14.5. The van der Waals surface area contributed by atoms with Crippen molar-refractivity contribution in [2.75, 3.05) is 14.2 Å². The molecule has 20 heavy (non-hydrogen) atoms. The summed E-state index contributed by atoms with van der Waals surface area (Å²) in [7, 11) is 2.99. The summed E-state index contributed by atoms with van der Waals surface area (Å²) in [5.41, 5.74) is 1.39. The maximum absolute atomic E-state index is 10.3. The summed E-state index contributed by atoms with van der Waals surface area (Å²) in [6.45, 7) is 0. The van der Waals surface area contributed by atoms with Gasteiger partial charge in [0.05, 0.1) is 20.4 Å². The maximum Gasteiger partial charge on any atom is 0.241 e. The predicted octanol–water partition coefficient (Wildman–Crippen LogP) is 2.53. The normalized spacial score (nSPS) is 12.0. The molecule has 2 rings (SSSR count). The minimum atomic E-state index is -0.794. The Hall–Kier alpha value is -1.66. The van der Waals surface area contributed by atoms with Crippen LogP contribution in [-0.2, 0) is 6.42 Å². The number of halogens is 1. The van der Waals surface area contributed by atoms with Crippen LogP contribution in [0.3, 0.4) is 0 Å². The lowest BCUT2D eigenvalue weighted by molar-refractivity contribution is 0.167. The average Bonchev–Trinajstić information content (AvgIpc) is 2.46. The number of benzene rings is 1. The summed E-state index contributed by atoms with van der Waals surface area (Å²) in [4.78, 5) is 8.28. The molecule has 0 radical (unpaired) electrons. The number of nitrogens with zero attached hydrogens (tertiary/aromatic N) is 2. The highest BCUT2D eigenvalue weighted by Crippen LogP contribution is 2.26. The Morgan fingerprint density at radius 1 is 1.30 bits per heavy atom. The molecule has 1 aromatic heterocycles. The molecule has 0 saturated carbocycles. The number of hydrogen-bond donors (Lipinski definition) is 1. The van der Waals surface area contributed by atoms with Gasteiger partial charge >= 0.3 is 0 Å². The molecule has 0 fully saturated rings. The van der Waals surface area contributed by atoms with E-state index in [9.17, 15) is 5.11 Å². The predicted molar refractivity (Wildman–Crippen MR) is 77.9 cm³/mol. The molecule has 2 aromatic rings. The van der Waals surface area contributed by atoms with E-state index in [2.05, 4.69) is 25.9 Å². The van der Waals surface area contributed by atoms with Crippen LogP contribution in [0, 0.1) is 0 Å². The van der Waals surface area contributed by atoms with Crippen LogP contribution in [0.4, 0.5) is 0 Å². The Labute approximate surface area is 125 Å². The van der Waals surface area contributed by atoms with Gasteiger partial charge in [-0.3, -0.25) is 0 Å². The van der Waals surface area contributed by atoms with Crippen molar-refractivity contribution >= 4 is 15.9 Å². The Kier molecular flexibility index (Phi) is 4.92. The number of aromatic nitrogens is 2. The minimum Gasteiger partial charge on any atom is -0.480 e. The van der Waals surface area contributed by atoms with Gasteiger partial charge in [-0.05, 0) is 17.7 Å². The lowest BCUT2D eigenvalue weighted by Crippen LogP contribution is -2.08. The first kappa shape index (κ1) is 14.7. The van der Waals surface area contributed by atoms with Crippen molar-refractivity contribution in [1.29, 1.82) is 0 Å². The van der Waals surface area contributed by atoms with Gasteiger partial charge in [0.25, 0.3) is 0 Å². The SMILES string of the molecule is COc1cnc(C(O)Cc2cccc(Br)c2)c(OC)n1. The molecule has 0 aliphatic rings. The molecule has 1 aromatic carbocycles. The number of methoxy groups -OCH3 is 2. The molecule has 6 heteroatoms. The second-order valence-corrected chi connectivity index (χ2v) is 5.07. The van der Waals surface area contributed by atoms with Crippen LogP contribution in [0.5, 0.6) is 11.8 Å². The van der Waals surface area contributed by atoms with E-state index in [1.165, 1.54) is 20.4 Å². The van der Waals surface area contributed by atoms with Gasteiger partial charge in [0.15, 0.2) is 0 Å². The molecule has 0 saturated heterocycles. The zero-order valence-corrected chi connectivity index (χ0v) is 12.8. The van der Waals surface area contributed by atoms with Crippen LogP contribution >= 0.6 is 15.9 Å². The van der Waals surface area contributed by atoms with Crippen LogP contribution in [0.25, 0.3) is 0 Å². The van der Waals surface area contributed by atoms with Gasteiger partial charge in [0.1, 0.15) is 11.8 Å². The van der Waals surface area contributed by atoms with Gasteiger partial charge in [-0.2, -0.15) is 4.98 Å². The summed E-state index contributed by atoms with van der Waals surface area (Å²) in [5.74, 6) is 0.618. The highest BCUT2D eigenvalue weighted by molar-refractivity contribution is 9.10. The fourth-order valence-corrected chi connectivity index (χ4v) is 2.27. The number of aliphatic hydroxyl groups is 1. The molecule has 0 amide bonds. The number of ether oxygens (including phenoxy) is 2.